The van der Waals surface area contributed by atoms with Gasteiger partial charge in [-0.15, -0.1) is 0 Å². The fourth-order valence-corrected chi connectivity index (χ4v) is 4.76. The van der Waals surface area contributed by atoms with Crippen molar-refractivity contribution in [3.63, 3.8) is 0 Å². The van der Waals surface area contributed by atoms with E-state index in [-0.39, 0.29) is 5.91 Å². The Hall–Kier alpha value is -2.37. The van der Waals surface area contributed by atoms with Crippen molar-refractivity contribution >= 4 is 11.6 Å². The Balaban J connectivity index is 1.29. The Morgan fingerprint density at radius 1 is 1.13 bits per heavy atom. The Morgan fingerprint density at radius 3 is 2.57 bits per heavy atom. The fourth-order valence-electron chi connectivity index (χ4n) is 4.76. The minimum absolute atomic E-state index is 0.0243. The summed E-state index contributed by atoms with van der Waals surface area (Å²) in [4.78, 5) is 16.7. The number of carbonyl (C=O) groups is 1. The number of ether oxygens (including phenoxy) is 2. The summed E-state index contributed by atoms with van der Waals surface area (Å²) >= 11 is 0. The molecule has 5 heteroatoms. The molecule has 1 saturated heterocycles. The van der Waals surface area contributed by atoms with Crippen molar-refractivity contribution in [2.24, 2.45) is 0 Å². The molecule has 3 aliphatic rings. The van der Waals surface area contributed by atoms with Crippen molar-refractivity contribution in [1.29, 1.82) is 0 Å². The van der Waals surface area contributed by atoms with Crippen LogP contribution >= 0.6 is 0 Å². The lowest BCUT2D eigenvalue weighted by Crippen LogP contribution is -2.54. The molecule has 5 nitrogen and oxygen atoms in total. The van der Waals surface area contributed by atoms with E-state index in [0.717, 1.165) is 54.5 Å². The number of rotatable bonds is 4. The third kappa shape index (κ3) is 3.84. The van der Waals surface area contributed by atoms with Crippen molar-refractivity contribution in [2.45, 2.75) is 64.0 Å². The largest absolute Gasteiger partial charge is 0.462 e. The van der Waals surface area contributed by atoms with Gasteiger partial charge in [0.1, 0.15) is 5.75 Å². The van der Waals surface area contributed by atoms with Gasteiger partial charge in [-0.3, -0.25) is 9.69 Å². The van der Waals surface area contributed by atoms with Crippen LogP contribution in [0, 0.1) is 0 Å². The number of hydrogen-bond donors (Lipinski definition) is 0. The monoisotopic (exact) mass is 406 g/mol. The minimum Gasteiger partial charge on any atom is -0.462 e. The van der Waals surface area contributed by atoms with Gasteiger partial charge < -0.3 is 14.4 Å². The van der Waals surface area contributed by atoms with Gasteiger partial charge in [-0.1, -0.05) is 36.8 Å². The molecule has 0 atom stereocenters. The van der Waals surface area contributed by atoms with Crippen LogP contribution in [0.15, 0.2) is 48.5 Å². The fraction of sp³-hybridized carbons (Fsp3) is 0.480. The van der Waals surface area contributed by atoms with E-state index in [4.69, 9.17) is 9.47 Å². The Morgan fingerprint density at radius 2 is 1.90 bits per heavy atom. The zero-order valence-electron chi connectivity index (χ0n) is 17.7. The average Bonchev–Trinajstić information content (AvgIpc) is 2.73. The zero-order valence-corrected chi connectivity index (χ0v) is 17.7. The van der Waals surface area contributed by atoms with Crippen molar-refractivity contribution < 1.29 is 14.3 Å². The SMILES string of the molecule is CC(=O)N(Cc1ccccc1)c1ccc2c(c1)COC1(CCN(C3CCC3)CC1)O2. The molecular weight excluding hydrogens is 376 g/mol. The van der Waals surface area contributed by atoms with Gasteiger partial charge >= 0.3 is 0 Å². The molecule has 158 valence electrons. The quantitative estimate of drug-likeness (QED) is 0.750. The van der Waals surface area contributed by atoms with Crippen LogP contribution in [0.2, 0.25) is 0 Å². The number of benzene rings is 2. The van der Waals surface area contributed by atoms with Crippen molar-refractivity contribution in [3.8, 4) is 5.75 Å². The maximum atomic E-state index is 12.3. The maximum absolute atomic E-state index is 12.3. The normalized spacial score (nSPS) is 20.8. The van der Waals surface area contributed by atoms with Crippen LogP contribution in [0.4, 0.5) is 5.69 Å². The van der Waals surface area contributed by atoms with E-state index in [2.05, 4.69) is 4.90 Å². The van der Waals surface area contributed by atoms with Gasteiger partial charge in [-0.05, 0) is 36.6 Å². The standard InChI is InChI=1S/C25H30N2O3/c1-19(28)27(17-20-6-3-2-4-7-20)23-10-11-24-21(16-23)18-29-25(30-24)12-14-26(15-13-25)22-8-5-9-22/h2-4,6-7,10-11,16,22H,5,8-9,12-15,17-18H2,1H3. The number of hydrogen-bond acceptors (Lipinski definition) is 4. The summed E-state index contributed by atoms with van der Waals surface area (Å²) in [5.41, 5.74) is 3.00. The number of likely N-dealkylation sites (tertiary alicyclic amines) is 1. The second-order valence-electron chi connectivity index (χ2n) is 8.80. The second-order valence-corrected chi connectivity index (χ2v) is 8.80. The van der Waals surface area contributed by atoms with E-state index in [1.165, 1.54) is 19.3 Å². The van der Waals surface area contributed by atoms with Crippen molar-refractivity contribution in [3.05, 3.63) is 59.7 Å². The van der Waals surface area contributed by atoms with Crippen LogP contribution in [0.1, 0.15) is 50.2 Å². The predicted molar refractivity (Wildman–Crippen MR) is 116 cm³/mol. The van der Waals surface area contributed by atoms with Crippen LogP contribution in [0.5, 0.6) is 5.75 Å². The predicted octanol–water partition coefficient (Wildman–Crippen LogP) is 4.49. The highest BCUT2D eigenvalue weighted by atomic mass is 16.7. The molecule has 2 aromatic carbocycles. The third-order valence-corrected chi connectivity index (χ3v) is 6.86. The van der Waals surface area contributed by atoms with Crippen molar-refractivity contribution in [2.75, 3.05) is 18.0 Å². The lowest BCUT2D eigenvalue weighted by molar-refractivity contribution is -0.231. The molecule has 0 N–H and O–H groups in total. The van der Waals surface area contributed by atoms with E-state index in [9.17, 15) is 4.79 Å². The number of carbonyl (C=O) groups excluding carboxylic acids is 1. The highest BCUT2D eigenvalue weighted by Gasteiger charge is 2.42. The molecule has 0 aromatic heterocycles. The molecule has 5 rings (SSSR count). The van der Waals surface area contributed by atoms with E-state index >= 15 is 0 Å². The smallest absolute Gasteiger partial charge is 0.224 e. The van der Waals surface area contributed by atoms with Crippen LogP contribution in [-0.4, -0.2) is 35.7 Å². The summed E-state index contributed by atoms with van der Waals surface area (Å²) < 4.78 is 12.7. The number of amides is 1. The third-order valence-electron chi connectivity index (χ3n) is 6.86. The molecule has 1 spiro atoms. The van der Waals surface area contributed by atoms with E-state index in [1.54, 1.807) is 11.8 Å². The summed E-state index contributed by atoms with van der Waals surface area (Å²) in [6.45, 7) is 4.79. The Bertz CT molecular complexity index is 902. The zero-order chi connectivity index (χ0) is 20.6. The summed E-state index contributed by atoms with van der Waals surface area (Å²) in [6.07, 6.45) is 5.89. The van der Waals surface area contributed by atoms with Gasteiger partial charge in [-0.25, -0.2) is 0 Å². The number of fused-ring (bicyclic) bond motifs is 1. The van der Waals surface area contributed by atoms with Crippen LogP contribution in [-0.2, 0) is 22.7 Å². The number of piperidine rings is 1. The maximum Gasteiger partial charge on any atom is 0.224 e. The van der Waals surface area contributed by atoms with E-state index in [0.29, 0.717) is 13.2 Å². The molecule has 0 radical (unpaired) electrons. The van der Waals surface area contributed by atoms with Gasteiger partial charge in [-0.2, -0.15) is 0 Å². The lowest BCUT2D eigenvalue weighted by Gasteiger charge is -2.47. The van der Waals surface area contributed by atoms with Gasteiger partial charge in [0.05, 0.1) is 13.2 Å². The molecule has 2 fully saturated rings. The highest BCUT2D eigenvalue weighted by molar-refractivity contribution is 5.91. The summed E-state index contributed by atoms with van der Waals surface area (Å²) in [6, 6.07) is 16.9. The molecule has 2 aliphatic heterocycles. The molecule has 2 heterocycles. The first kappa shape index (κ1) is 19.6. The summed E-state index contributed by atoms with van der Waals surface area (Å²) in [5.74, 6) is 0.431. The Kier molecular flexibility index (Phi) is 5.25. The molecule has 0 bridgehead atoms. The molecule has 1 amide bonds. The van der Waals surface area contributed by atoms with Crippen molar-refractivity contribution in [1.82, 2.24) is 4.90 Å². The second kappa shape index (κ2) is 8.05. The molecule has 1 aliphatic carbocycles. The van der Waals surface area contributed by atoms with Gasteiger partial charge in [0.25, 0.3) is 0 Å². The molecular formula is C25H30N2O3. The minimum atomic E-state index is -0.487. The van der Waals surface area contributed by atoms with Gasteiger partial charge in [0.15, 0.2) is 0 Å². The highest BCUT2D eigenvalue weighted by Crippen LogP contribution is 2.40. The topological polar surface area (TPSA) is 42.0 Å². The van der Waals surface area contributed by atoms with Crippen LogP contribution in [0.3, 0.4) is 0 Å². The van der Waals surface area contributed by atoms with E-state index in [1.807, 2.05) is 48.5 Å². The first-order chi connectivity index (χ1) is 14.6. The van der Waals surface area contributed by atoms with Crippen LogP contribution in [0.25, 0.3) is 0 Å². The average molecular weight is 407 g/mol. The van der Waals surface area contributed by atoms with Gasteiger partial charge in [0.2, 0.25) is 11.7 Å². The molecule has 2 aromatic rings. The molecule has 1 saturated carbocycles. The summed E-state index contributed by atoms with van der Waals surface area (Å²) in [7, 11) is 0. The summed E-state index contributed by atoms with van der Waals surface area (Å²) in [5, 5.41) is 0. The Labute approximate surface area is 178 Å². The number of anilines is 1. The van der Waals surface area contributed by atoms with E-state index < -0.39 is 5.79 Å². The van der Waals surface area contributed by atoms with Gasteiger partial charge in [0, 0.05) is 50.1 Å². The number of nitrogens with zero attached hydrogens (tertiary/aromatic N) is 2. The van der Waals surface area contributed by atoms with Crippen LogP contribution < -0.4 is 9.64 Å². The lowest BCUT2D eigenvalue weighted by atomic mass is 9.89. The molecule has 30 heavy (non-hydrogen) atoms. The molecule has 0 unspecified atom stereocenters. The first-order valence-corrected chi connectivity index (χ1v) is 11.1. The first-order valence-electron chi connectivity index (χ1n) is 11.1.